The van der Waals surface area contributed by atoms with Gasteiger partial charge in [0.15, 0.2) is 0 Å². The normalized spacial score (nSPS) is 24.2. The number of nitrogens with zero attached hydrogens (tertiary/aromatic N) is 2. The fourth-order valence-corrected chi connectivity index (χ4v) is 3.36. The highest BCUT2D eigenvalue weighted by Gasteiger charge is 2.45. The van der Waals surface area contributed by atoms with Crippen molar-refractivity contribution in [3.8, 4) is 0 Å². The Bertz CT molecular complexity index is 595. The van der Waals surface area contributed by atoms with Crippen LogP contribution < -0.4 is 5.32 Å². The number of nitro benzene ring substituents is 1. The molecule has 7 nitrogen and oxygen atoms in total. The van der Waals surface area contributed by atoms with Gasteiger partial charge in [0.25, 0.3) is 5.69 Å². The third-order valence-corrected chi connectivity index (χ3v) is 4.74. The van der Waals surface area contributed by atoms with E-state index in [9.17, 15) is 14.9 Å². The molecule has 8 heteroatoms. The minimum atomic E-state index is -0.994. The van der Waals surface area contributed by atoms with Crippen molar-refractivity contribution in [3.63, 3.8) is 0 Å². The van der Waals surface area contributed by atoms with E-state index < -0.39 is 15.9 Å². The lowest BCUT2D eigenvalue weighted by Crippen LogP contribution is -2.45. The average Bonchev–Trinajstić information content (AvgIpc) is 2.81. The molecule has 0 amide bonds. The number of carboxylic acids is 1. The maximum Gasteiger partial charge on any atom is 0.306 e. The first-order chi connectivity index (χ1) is 11.4. The second kappa shape index (κ2) is 7.92. The number of halogens is 1. The van der Waals surface area contributed by atoms with E-state index in [1.54, 1.807) is 12.1 Å². The third-order valence-electron chi connectivity index (χ3n) is 4.25. The predicted molar refractivity (Wildman–Crippen MR) is 90.8 cm³/mol. The number of rotatable bonds is 8. The van der Waals surface area contributed by atoms with Crippen LogP contribution in [0, 0.1) is 10.1 Å². The number of non-ortho nitro benzene ring substituents is 1. The minimum Gasteiger partial charge on any atom is -0.481 e. The molecule has 0 radical (unpaired) electrons. The van der Waals surface area contributed by atoms with Crippen LogP contribution >= 0.6 is 11.6 Å². The van der Waals surface area contributed by atoms with Gasteiger partial charge in [0.2, 0.25) is 0 Å². The van der Waals surface area contributed by atoms with Gasteiger partial charge < -0.3 is 5.11 Å². The van der Waals surface area contributed by atoms with Crippen molar-refractivity contribution in [2.24, 2.45) is 0 Å². The van der Waals surface area contributed by atoms with Gasteiger partial charge in [-0.3, -0.25) is 25.1 Å². The van der Waals surface area contributed by atoms with Crippen molar-refractivity contribution >= 4 is 23.3 Å². The van der Waals surface area contributed by atoms with Gasteiger partial charge in [-0.15, -0.1) is 0 Å². The maximum atomic E-state index is 11.2. The zero-order valence-corrected chi connectivity index (χ0v) is 14.3. The first-order valence-electron chi connectivity index (χ1n) is 8.00. The summed E-state index contributed by atoms with van der Waals surface area (Å²) in [7, 11) is 0. The van der Waals surface area contributed by atoms with E-state index >= 15 is 0 Å². The SMILES string of the molecule is CCCCC1NCC(Cl)(CC(=O)O)N1Cc1ccc([N+](=O)[O-])cc1. The molecule has 1 fully saturated rings. The second-order valence-corrected chi connectivity index (χ2v) is 6.78. The van der Waals surface area contributed by atoms with Gasteiger partial charge in [-0.25, -0.2) is 0 Å². The zero-order valence-electron chi connectivity index (χ0n) is 13.6. The number of unbranched alkanes of at least 4 members (excludes halogenated alkanes) is 1. The van der Waals surface area contributed by atoms with Crippen molar-refractivity contribution in [3.05, 3.63) is 39.9 Å². The molecule has 0 aliphatic carbocycles. The van der Waals surface area contributed by atoms with Crippen LogP contribution in [-0.4, -0.2) is 38.6 Å². The molecular weight excluding hydrogens is 334 g/mol. The Labute approximate surface area is 145 Å². The molecular formula is C16H22ClN3O4. The molecule has 1 aromatic rings. The highest BCUT2D eigenvalue weighted by atomic mass is 35.5. The molecule has 1 aliphatic rings. The van der Waals surface area contributed by atoms with Crippen molar-refractivity contribution in [1.82, 2.24) is 10.2 Å². The van der Waals surface area contributed by atoms with Gasteiger partial charge >= 0.3 is 5.97 Å². The summed E-state index contributed by atoms with van der Waals surface area (Å²) >= 11 is 6.61. The van der Waals surface area contributed by atoms with Crippen molar-refractivity contribution < 1.29 is 14.8 Å². The molecule has 1 heterocycles. The number of carboxylic acid groups (broad SMARTS) is 1. The van der Waals surface area contributed by atoms with Crippen LogP contribution in [-0.2, 0) is 11.3 Å². The second-order valence-electron chi connectivity index (χ2n) is 6.08. The number of hydrogen-bond donors (Lipinski definition) is 2. The number of nitrogens with one attached hydrogen (secondary N) is 1. The molecule has 0 saturated carbocycles. The summed E-state index contributed by atoms with van der Waals surface area (Å²) < 4.78 is 0. The van der Waals surface area contributed by atoms with E-state index in [4.69, 9.17) is 16.7 Å². The Morgan fingerprint density at radius 3 is 2.71 bits per heavy atom. The van der Waals surface area contributed by atoms with Crippen LogP contribution in [0.1, 0.15) is 38.2 Å². The lowest BCUT2D eigenvalue weighted by molar-refractivity contribution is -0.384. The van der Waals surface area contributed by atoms with Gasteiger partial charge in [0, 0.05) is 25.2 Å². The summed E-state index contributed by atoms with van der Waals surface area (Å²) in [5.41, 5.74) is 0.893. The van der Waals surface area contributed by atoms with E-state index in [-0.39, 0.29) is 18.3 Å². The molecule has 0 bridgehead atoms. The van der Waals surface area contributed by atoms with Crippen LogP contribution in [0.4, 0.5) is 5.69 Å². The minimum absolute atomic E-state index is 0.00279. The van der Waals surface area contributed by atoms with Crippen LogP contribution in [0.5, 0.6) is 0 Å². The van der Waals surface area contributed by atoms with Crippen LogP contribution in [0.2, 0.25) is 0 Å². The number of benzene rings is 1. The number of carbonyl (C=O) groups is 1. The lowest BCUT2D eigenvalue weighted by Gasteiger charge is -2.34. The number of alkyl halides is 1. The molecule has 2 atom stereocenters. The highest BCUT2D eigenvalue weighted by molar-refractivity contribution is 6.25. The lowest BCUT2D eigenvalue weighted by atomic mass is 10.1. The van der Waals surface area contributed by atoms with E-state index in [1.165, 1.54) is 12.1 Å². The van der Waals surface area contributed by atoms with E-state index in [2.05, 4.69) is 12.2 Å². The number of hydrogen-bond acceptors (Lipinski definition) is 5. The molecule has 2 unspecified atom stereocenters. The molecule has 1 aliphatic heterocycles. The average molecular weight is 356 g/mol. The fourth-order valence-electron chi connectivity index (χ4n) is 2.99. The Kier molecular flexibility index (Phi) is 6.15. The van der Waals surface area contributed by atoms with Crippen molar-refractivity contribution in [1.29, 1.82) is 0 Å². The first-order valence-corrected chi connectivity index (χ1v) is 8.37. The van der Waals surface area contributed by atoms with Crippen LogP contribution in [0.25, 0.3) is 0 Å². The molecule has 1 saturated heterocycles. The molecule has 1 aromatic carbocycles. The fraction of sp³-hybridized carbons (Fsp3) is 0.562. The van der Waals surface area contributed by atoms with Gasteiger partial charge in [-0.1, -0.05) is 43.5 Å². The van der Waals surface area contributed by atoms with Crippen LogP contribution in [0.3, 0.4) is 0 Å². The summed E-state index contributed by atoms with van der Waals surface area (Å²) in [6.45, 7) is 2.93. The quantitative estimate of drug-likeness (QED) is 0.322. The molecule has 2 rings (SSSR count). The van der Waals surface area contributed by atoms with Crippen LogP contribution in [0.15, 0.2) is 24.3 Å². The molecule has 24 heavy (non-hydrogen) atoms. The summed E-state index contributed by atoms with van der Waals surface area (Å²) in [6.07, 6.45) is 2.75. The Morgan fingerprint density at radius 1 is 1.50 bits per heavy atom. The number of nitro groups is 1. The van der Waals surface area contributed by atoms with Crippen molar-refractivity contribution in [2.75, 3.05) is 6.54 Å². The molecule has 0 aromatic heterocycles. The smallest absolute Gasteiger partial charge is 0.306 e. The Balaban J connectivity index is 2.18. The van der Waals surface area contributed by atoms with Gasteiger partial charge in [-0.2, -0.15) is 0 Å². The zero-order chi connectivity index (χ0) is 17.7. The predicted octanol–water partition coefficient (Wildman–Crippen LogP) is 2.93. The third kappa shape index (κ3) is 4.43. The summed E-state index contributed by atoms with van der Waals surface area (Å²) in [5.74, 6) is -0.948. The molecule has 0 spiro atoms. The van der Waals surface area contributed by atoms with Crippen molar-refractivity contribution in [2.45, 2.75) is 50.3 Å². The first kappa shape index (κ1) is 18.6. The van der Waals surface area contributed by atoms with Gasteiger partial charge in [-0.05, 0) is 12.0 Å². The monoisotopic (exact) mass is 355 g/mol. The largest absolute Gasteiger partial charge is 0.481 e. The molecule has 132 valence electrons. The summed E-state index contributed by atoms with van der Waals surface area (Å²) in [5, 5.41) is 23.2. The molecule has 2 N–H and O–H groups in total. The van der Waals surface area contributed by atoms with E-state index in [1.807, 2.05) is 4.90 Å². The van der Waals surface area contributed by atoms with E-state index in [0.717, 1.165) is 24.8 Å². The van der Waals surface area contributed by atoms with Gasteiger partial charge in [0.1, 0.15) is 5.00 Å². The van der Waals surface area contributed by atoms with E-state index in [0.29, 0.717) is 13.1 Å². The Hall–Kier alpha value is -1.70. The topological polar surface area (TPSA) is 95.7 Å². The summed E-state index contributed by atoms with van der Waals surface area (Å²) in [6, 6.07) is 6.27. The van der Waals surface area contributed by atoms with Gasteiger partial charge in [0.05, 0.1) is 17.5 Å². The standard InChI is InChI=1S/C16H22ClN3O4/c1-2-3-4-14-18-11-16(17,9-15(21)22)19(14)10-12-5-7-13(8-6-12)20(23)24/h5-8,14,18H,2-4,9-11H2,1H3,(H,21,22). The number of aliphatic carboxylic acids is 1. The highest BCUT2D eigenvalue weighted by Crippen LogP contribution is 2.34. The Morgan fingerprint density at radius 2 is 2.17 bits per heavy atom. The maximum absolute atomic E-state index is 11.2. The summed E-state index contributed by atoms with van der Waals surface area (Å²) in [4.78, 5) is 22.5.